The van der Waals surface area contributed by atoms with E-state index in [1.807, 2.05) is 73.7 Å². The molecule has 7 heteroatoms. The molecule has 0 amide bonds. The third-order valence-corrected chi connectivity index (χ3v) is 7.42. The van der Waals surface area contributed by atoms with Gasteiger partial charge in [-0.1, -0.05) is 71.9 Å². The largest absolute Gasteiger partial charge is 0.497 e. The van der Waals surface area contributed by atoms with Gasteiger partial charge in [0.1, 0.15) is 35.6 Å². The van der Waals surface area contributed by atoms with Crippen molar-refractivity contribution in [3.63, 3.8) is 0 Å². The summed E-state index contributed by atoms with van der Waals surface area (Å²) in [4.78, 5) is 1.02. The Kier molecular flexibility index (Phi) is 7.72. The lowest BCUT2D eigenvalue weighted by atomic mass is 9.98. The van der Waals surface area contributed by atoms with Crippen LogP contribution in [0.5, 0.6) is 5.75 Å². The van der Waals surface area contributed by atoms with Crippen LogP contribution in [0.15, 0.2) is 83.8 Å². The zero-order valence-corrected chi connectivity index (χ0v) is 20.6. The smallest absolute Gasteiger partial charge is 0.184 e. The molecule has 0 unspecified atom stereocenters. The van der Waals surface area contributed by atoms with Gasteiger partial charge >= 0.3 is 0 Å². The van der Waals surface area contributed by atoms with E-state index in [1.165, 1.54) is 17.3 Å². The number of ether oxygens (including phenoxy) is 5. The highest BCUT2D eigenvalue weighted by atomic mass is 32.2. The van der Waals surface area contributed by atoms with Crippen molar-refractivity contribution in [1.29, 1.82) is 0 Å². The van der Waals surface area contributed by atoms with Gasteiger partial charge in [-0.3, -0.25) is 0 Å². The van der Waals surface area contributed by atoms with Crippen LogP contribution in [-0.4, -0.2) is 48.7 Å². The van der Waals surface area contributed by atoms with Crippen LogP contribution >= 0.6 is 11.8 Å². The first-order valence-corrected chi connectivity index (χ1v) is 12.6. The van der Waals surface area contributed by atoms with E-state index < -0.39 is 30.0 Å². The molecule has 184 valence electrons. The van der Waals surface area contributed by atoms with Gasteiger partial charge in [-0.15, -0.1) is 0 Å². The van der Waals surface area contributed by atoms with Crippen molar-refractivity contribution in [2.75, 3.05) is 13.7 Å². The molecule has 2 aliphatic heterocycles. The van der Waals surface area contributed by atoms with Gasteiger partial charge in [-0.05, 0) is 36.8 Å². The molecule has 6 nitrogen and oxygen atoms in total. The van der Waals surface area contributed by atoms with E-state index in [1.54, 1.807) is 7.11 Å². The molecule has 2 fully saturated rings. The minimum atomic E-state index is -0.893. The van der Waals surface area contributed by atoms with E-state index in [9.17, 15) is 5.11 Å². The lowest BCUT2D eigenvalue weighted by Crippen LogP contribution is -2.61. The van der Waals surface area contributed by atoms with Crippen LogP contribution < -0.4 is 4.74 Å². The Hall–Kier alpha value is -2.39. The minimum Gasteiger partial charge on any atom is -0.497 e. The van der Waals surface area contributed by atoms with E-state index in [0.717, 1.165) is 21.8 Å². The molecular weight excluding hydrogens is 464 g/mol. The van der Waals surface area contributed by atoms with Crippen molar-refractivity contribution in [1.82, 2.24) is 0 Å². The second-order valence-electron chi connectivity index (χ2n) is 8.76. The van der Waals surface area contributed by atoms with Crippen molar-refractivity contribution < 1.29 is 28.8 Å². The van der Waals surface area contributed by atoms with Crippen LogP contribution in [0, 0.1) is 6.92 Å². The highest BCUT2D eigenvalue weighted by molar-refractivity contribution is 7.99. The summed E-state index contributed by atoms with van der Waals surface area (Å²) in [6, 6.07) is 25.7. The SMILES string of the molecule is COc1ccc(CO[C@@H]2[C@H](O)[C@H](Sc3ccc(C)cc3)O[C@@H]3CO[C@@H](c4ccccc4)O[C@@H]23)cc1. The predicted molar refractivity (Wildman–Crippen MR) is 133 cm³/mol. The van der Waals surface area contributed by atoms with Gasteiger partial charge in [-0.25, -0.2) is 0 Å². The molecule has 0 spiro atoms. The van der Waals surface area contributed by atoms with E-state index in [2.05, 4.69) is 12.1 Å². The summed E-state index contributed by atoms with van der Waals surface area (Å²) >= 11 is 1.48. The predicted octanol–water partition coefficient (Wildman–Crippen LogP) is 4.88. The zero-order valence-electron chi connectivity index (χ0n) is 19.8. The Balaban J connectivity index is 1.35. The van der Waals surface area contributed by atoms with Gasteiger partial charge in [0, 0.05) is 10.5 Å². The number of methoxy groups -OCH3 is 1. The molecule has 5 rings (SSSR count). The number of hydrogen-bond donors (Lipinski definition) is 1. The van der Waals surface area contributed by atoms with Crippen LogP contribution in [0.1, 0.15) is 23.0 Å². The Bertz CT molecular complexity index is 1070. The van der Waals surface area contributed by atoms with Gasteiger partial charge < -0.3 is 28.8 Å². The fraction of sp³-hybridized carbons (Fsp3) is 0.357. The number of aliphatic hydroxyl groups is 1. The first-order chi connectivity index (χ1) is 17.1. The summed E-state index contributed by atoms with van der Waals surface area (Å²) in [5, 5.41) is 11.4. The molecule has 0 aliphatic carbocycles. The number of fused-ring (bicyclic) bond motifs is 1. The molecule has 0 saturated carbocycles. The Morgan fingerprint density at radius 2 is 1.69 bits per heavy atom. The lowest BCUT2D eigenvalue weighted by molar-refractivity contribution is -0.325. The summed E-state index contributed by atoms with van der Waals surface area (Å²) in [7, 11) is 1.64. The number of benzene rings is 3. The fourth-order valence-electron chi connectivity index (χ4n) is 4.30. The summed E-state index contributed by atoms with van der Waals surface area (Å²) in [5.41, 5.74) is 2.57. The summed E-state index contributed by atoms with van der Waals surface area (Å²) < 4.78 is 30.2. The molecule has 3 aromatic carbocycles. The Labute approximate surface area is 210 Å². The molecule has 3 aromatic rings. The van der Waals surface area contributed by atoms with Crippen LogP contribution in [0.3, 0.4) is 0 Å². The summed E-state index contributed by atoms with van der Waals surface area (Å²) in [6.45, 7) is 2.73. The number of hydrogen-bond acceptors (Lipinski definition) is 7. The number of thioether (sulfide) groups is 1. The molecule has 35 heavy (non-hydrogen) atoms. The van der Waals surface area contributed by atoms with Gasteiger partial charge in [0.05, 0.1) is 20.3 Å². The Morgan fingerprint density at radius 1 is 0.943 bits per heavy atom. The molecule has 2 aliphatic rings. The van der Waals surface area contributed by atoms with Gasteiger partial charge in [0.25, 0.3) is 0 Å². The second-order valence-corrected chi connectivity index (χ2v) is 9.94. The molecule has 2 saturated heterocycles. The van der Waals surface area contributed by atoms with E-state index >= 15 is 0 Å². The van der Waals surface area contributed by atoms with Crippen LogP contribution in [0.4, 0.5) is 0 Å². The zero-order chi connectivity index (χ0) is 24.2. The van der Waals surface area contributed by atoms with Crippen LogP contribution in [0.25, 0.3) is 0 Å². The third-order valence-electron chi connectivity index (χ3n) is 6.25. The molecule has 2 heterocycles. The number of rotatable bonds is 7. The highest BCUT2D eigenvalue weighted by Gasteiger charge is 2.50. The maximum atomic E-state index is 11.4. The van der Waals surface area contributed by atoms with E-state index in [0.29, 0.717) is 13.2 Å². The molecular formula is C28H30O6S. The number of aliphatic hydroxyl groups excluding tert-OH is 1. The average Bonchev–Trinajstić information content (AvgIpc) is 2.90. The van der Waals surface area contributed by atoms with Crippen molar-refractivity contribution in [3.8, 4) is 5.75 Å². The summed E-state index contributed by atoms with van der Waals surface area (Å²) in [6.07, 6.45) is -2.86. The van der Waals surface area contributed by atoms with Crippen molar-refractivity contribution in [2.24, 2.45) is 0 Å². The molecule has 0 aromatic heterocycles. The monoisotopic (exact) mass is 494 g/mol. The molecule has 0 radical (unpaired) electrons. The highest BCUT2D eigenvalue weighted by Crippen LogP contribution is 2.40. The number of aryl methyl sites for hydroxylation is 1. The van der Waals surface area contributed by atoms with Gasteiger partial charge in [0.2, 0.25) is 0 Å². The van der Waals surface area contributed by atoms with Gasteiger partial charge in [-0.2, -0.15) is 0 Å². The quantitative estimate of drug-likeness (QED) is 0.502. The van der Waals surface area contributed by atoms with Crippen LogP contribution in [0.2, 0.25) is 0 Å². The van der Waals surface area contributed by atoms with Crippen molar-refractivity contribution in [2.45, 2.75) is 54.6 Å². The summed E-state index contributed by atoms with van der Waals surface area (Å²) in [5.74, 6) is 0.785. The average molecular weight is 495 g/mol. The first kappa shape index (κ1) is 24.3. The van der Waals surface area contributed by atoms with E-state index in [-0.39, 0.29) is 6.10 Å². The van der Waals surface area contributed by atoms with E-state index in [4.69, 9.17) is 23.7 Å². The molecule has 6 atom stereocenters. The Morgan fingerprint density at radius 3 is 2.40 bits per heavy atom. The van der Waals surface area contributed by atoms with Gasteiger partial charge in [0.15, 0.2) is 6.29 Å². The standard InChI is InChI=1S/C28H30O6S/c1-18-8-14-22(15-9-18)35-28-24(29)26(31-16-19-10-12-21(30-2)13-11-19)25-23(33-28)17-32-27(34-25)20-6-4-3-5-7-20/h3-15,23-29H,16-17H2,1-2H3/t23-,24+,25-,26-,27-,28+/m1/s1. The van der Waals surface area contributed by atoms with Crippen molar-refractivity contribution >= 4 is 11.8 Å². The molecule has 1 N–H and O–H groups in total. The molecule has 0 bridgehead atoms. The maximum absolute atomic E-state index is 11.4. The maximum Gasteiger partial charge on any atom is 0.184 e. The van der Waals surface area contributed by atoms with Crippen LogP contribution in [-0.2, 0) is 25.6 Å². The lowest BCUT2D eigenvalue weighted by Gasteiger charge is -2.47. The normalized spacial score (nSPS) is 28.3. The second kappa shape index (κ2) is 11.1. The van der Waals surface area contributed by atoms with Crippen molar-refractivity contribution in [3.05, 3.63) is 95.6 Å². The fourth-order valence-corrected chi connectivity index (χ4v) is 5.35. The first-order valence-electron chi connectivity index (χ1n) is 11.7. The topological polar surface area (TPSA) is 66.4 Å². The third kappa shape index (κ3) is 5.72. The minimum absolute atomic E-state index is 0.330.